The fraction of sp³-hybridized carbons (Fsp3) is 0.538. The SMILES string of the molecule is CC(CNS(=O)(=O)c1ccc2c(c1)CNC2)N(C)C. The number of nitrogens with zero attached hydrogens (tertiary/aromatic N) is 1. The molecule has 0 fully saturated rings. The van der Waals surface area contributed by atoms with Gasteiger partial charge in [-0.3, -0.25) is 0 Å². The molecule has 1 atom stereocenters. The Hall–Kier alpha value is -0.950. The van der Waals surface area contributed by atoms with Gasteiger partial charge in [-0.1, -0.05) is 6.07 Å². The van der Waals surface area contributed by atoms with E-state index in [0.717, 1.165) is 18.7 Å². The summed E-state index contributed by atoms with van der Waals surface area (Å²) in [5.74, 6) is 0. The fourth-order valence-corrected chi connectivity index (χ4v) is 3.11. The van der Waals surface area contributed by atoms with Crippen LogP contribution in [0.25, 0.3) is 0 Å². The first-order valence-corrected chi connectivity index (χ1v) is 7.87. The van der Waals surface area contributed by atoms with Gasteiger partial charge in [0.25, 0.3) is 0 Å². The number of sulfonamides is 1. The van der Waals surface area contributed by atoms with E-state index in [9.17, 15) is 8.42 Å². The van der Waals surface area contributed by atoms with E-state index in [4.69, 9.17) is 0 Å². The molecule has 1 heterocycles. The number of benzene rings is 1. The van der Waals surface area contributed by atoms with E-state index >= 15 is 0 Å². The molecular formula is C13H21N3O2S. The first-order chi connectivity index (χ1) is 8.90. The Morgan fingerprint density at radius 1 is 1.32 bits per heavy atom. The molecule has 0 aromatic heterocycles. The van der Waals surface area contributed by atoms with Gasteiger partial charge in [0.2, 0.25) is 10.0 Å². The Bertz CT molecular complexity index is 555. The van der Waals surface area contributed by atoms with E-state index in [1.165, 1.54) is 5.56 Å². The Kier molecular flexibility index (Phi) is 4.25. The van der Waals surface area contributed by atoms with Crippen molar-refractivity contribution < 1.29 is 8.42 Å². The van der Waals surface area contributed by atoms with Gasteiger partial charge in [0, 0.05) is 25.7 Å². The molecule has 1 aromatic carbocycles. The van der Waals surface area contributed by atoms with E-state index in [1.54, 1.807) is 12.1 Å². The molecule has 5 nitrogen and oxygen atoms in total. The first-order valence-electron chi connectivity index (χ1n) is 6.39. The average molecular weight is 283 g/mol. The van der Waals surface area contributed by atoms with Crippen LogP contribution < -0.4 is 10.0 Å². The molecule has 0 saturated heterocycles. The van der Waals surface area contributed by atoms with Gasteiger partial charge in [0.05, 0.1) is 4.90 Å². The summed E-state index contributed by atoms with van der Waals surface area (Å²) in [6.07, 6.45) is 0. The van der Waals surface area contributed by atoms with Crippen LogP contribution in [-0.2, 0) is 23.1 Å². The minimum atomic E-state index is -3.41. The zero-order chi connectivity index (χ0) is 14.0. The number of hydrogen-bond donors (Lipinski definition) is 2. The molecule has 6 heteroatoms. The third-order valence-electron chi connectivity index (χ3n) is 3.57. The molecule has 1 unspecified atom stereocenters. The highest BCUT2D eigenvalue weighted by Crippen LogP contribution is 2.19. The van der Waals surface area contributed by atoms with E-state index < -0.39 is 10.0 Å². The van der Waals surface area contributed by atoms with Crippen LogP contribution in [0.4, 0.5) is 0 Å². The maximum absolute atomic E-state index is 12.2. The topological polar surface area (TPSA) is 61.4 Å². The van der Waals surface area contributed by atoms with Crippen LogP contribution in [0.5, 0.6) is 0 Å². The summed E-state index contributed by atoms with van der Waals surface area (Å²) in [4.78, 5) is 2.33. The van der Waals surface area contributed by atoms with Gasteiger partial charge in [-0.25, -0.2) is 13.1 Å². The second kappa shape index (κ2) is 5.58. The zero-order valence-corrected chi connectivity index (χ0v) is 12.4. The van der Waals surface area contributed by atoms with E-state index in [2.05, 4.69) is 10.0 Å². The molecule has 1 aromatic rings. The summed E-state index contributed by atoms with van der Waals surface area (Å²) >= 11 is 0. The Balaban J connectivity index is 2.11. The second-order valence-corrected chi connectivity index (χ2v) is 6.97. The van der Waals surface area contributed by atoms with Crippen molar-refractivity contribution in [3.8, 4) is 0 Å². The second-order valence-electron chi connectivity index (χ2n) is 5.20. The van der Waals surface area contributed by atoms with Gasteiger partial charge in [-0.2, -0.15) is 0 Å². The van der Waals surface area contributed by atoms with E-state index in [1.807, 2.05) is 32.0 Å². The molecule has 2 rings (SSSR count). The number of rotatable bonds is 5. The Labute approximate surface area is 115 Å². The quantitative estimate of drug-likeness (QED) is 0.827. The summed E-state index contributed by atoms with van der Waals surface area (Å²) in [6.45, 7) is 3.95. The van der Waals surface area contributed by atoms with Crippen molar-refractivity contribution in [3.63, 3.8) is 0 Å². The zero-order valence-electron chi connectivity index (χ0n) is 11.6. The Morgan fingerprint density at radius 2 is 2.00 bits per heavy atom. The van der Waals surface area contributed by atoms with Gasteiger partial charge < -0.3 is 10.2 Å². The monoisotopic (exact) mass is 283 g/mol. The number of fused-ring (bicyclic) bond motifs is 1. The molecule has 0 saturated carbocycles. The summed E-state index contributed by atoms with van der Waals surface area (Å²) < 4.78 is 27.1. The van der Waals surface area contributed by atoms with Crippen LogP contribution in [0.15, 0.2) is 23.1 Å². The molecule has 106 valence electrons. The van der Waals surface area contributed by atoms with Crippen LogP contribution in [-0.4, -0.2) is 40.0 Å². The minimum Gasteiger partial charge on any atom is -0.309 e. The van der Waals surface area contributed by atoms with Crippen molar-refractivity contribution in [2.45, 2.75) is 31.0 Å². The molecule has 0 aliphatic carbocycles. The highest BCUT2D eigenvalue weighted by atomic mass is 32.2. The lowest BCUT2D eigenvalue weighted by Crippen LogP contribution is -2.38. The summed E-state index contributed by atoms with van der Waals surface area (Å²) in [5.41, 5.74) is 2.25. The van der Waals surface area contributed by atoms with Crippen molar-refractivity contribution in [2.75, 3.05) is 20.6 Å². The van der Waals surface area contributed by atoms with Crippen LogP contribution in [0.3, 0.4) is 0 Å². The molecule has 0 amide bonds. The molecule has 19 heavy (non-hydrogen) atoms. The van der Waals surface area contributed by atoms with Crippen LogP contribution in [0, 0.1) is 0 Å². The third kappa shape index (κ3) is 3.33. The number of likely N-dealkylation sites (N-methyl/N-ethyl adjacent to an activating group) is 1. The molecule has 0 spiro atoms. The van der Waals surface area contributed by atoms with Crippen molar-refractivity contribution >= 4 is 10.0 Å². The molecule has 1 aliphatic heterocycles. The Morgan fingerprint density at radius 3 is 2.68 bits per heavy atom. The van der Waals surface area contributed by atoms with Crippen LogP contribution >= 0.6 is 0 Å². The normalized spacial score (nSPS) is 16.6. The lowest BCUT2D eigenvalue weighted by molar-refractivity contribution is 0.314. The molecule has 1 aliphatic rings. The maximum Gasteiger partial charge on any atom is 0.240 e. The highest BCUT2D eigenvalue weighted by molar-refractivity contribution is 7.89. The molecule has 2 N–H and O–H groups in total. The number of nitrogens with one attached hydrogen (secondary N) is 2. The summed E-state index contributed by atoms with van der Waals surface area (Å²) in [7, 11) is 0.446. The van der Waals surface area contributed by atoms with E-state index in [-0.39, 0.29) is 6.04 Å². The summed E-state index contributed by atoms with van der Waals surface area (Å²) in [5, 5.41) is 3.21. The molecule has 0 radical (unpaired) electrons. The van der Waals surface area contributed by atoms with E-state index in [0.29, 0.717) is 11.4 Å². The lowest BCUT2D eigenvalue weighted by Gasteiger charge is -2.20. The van der Waals surface area contributed by atoms with Crippen molar-refractivity contribution in [1.82, 2.24) is 14.9 Å². The van der Waals surface area contributed by atoms with Gasteiger partial charge in [0.15, 0.2) is 0 Å². The van der Waals surface area contributed by atoms with Gasteiger partial charge in [-0.15, -0.1) is 0 Å². The molecule has 0 bridgehead atoms. The predicted octanol–water partition coefficient (Wildman–Crippen LogP) is 0.518. The fourth-order valence-electron chi connectivity index (χ4n) is 1.93. The maximum atomic E-state index is 12.2. The van der Waals surface area contributed by atoms with Gasteiger partial charge >= 0.3 is 0 Å². The van der Waals surface area contributed by atoms with Gasteiger partial charge in [0.1, 0.15) is 0 Å². The molecular weight excluding hydrogens is 262 g/mol. The standard InChI is InChI=1S/C13H21N3O2S/c1-10(16(2)3)7-15-19(17,18)13-5-4-11-8-14-9-12(11)6-13/h4-6,10,14-15H,7-9H2,1-3H3. The van der Waals surface area contributed by atoms with Crippen molar-refractivity contribution in [1.29, 1.82) is 0 Å². The number of hydrogen-bond acceptors (Lipinski definition) is 4. The highest BCUT2D eigenvalue weighted by Gasteiger charge is 2.19. The van der Waals surface area contributed by atoms with Crippen molar-refractivity contribution in [3.05, 3.63) is 29.3 Å². The lowest BCUT2D eigenvalue weighted by atomic mass is 10.1. The minimum absolute atomic E-state index is 0.158. The summed E-state index contributed by atoms with van der Waals surface area (Å²) in [6, 6.07) is 5.48. The largest absolute Gasteiger partial charge is 0.309 e. The van der Waals surface area contributed by atoms with Crippen LogP contribution in [0.2, 0.25) is 0 Å². The average Bonchev–Trinajstić information content (AvgIpc) is 2.82. The predicted molar refractivity (Wildman–Crippen MR) is 75.3 cm³/mol. The van der Waals surface area contributed by atoms with Gasteiger partial charge in [-0.05, 0) is 44.3 Å². The third-order valence-corrected chi connectivity index (χ3v) is 4.99. The van der Waals surface area contributed by atoms with Crippen molar-refractivity contribution in [2.24, 2.45) is 0 Å². The smallest absolute Gasteiger partial charge is 0.240 e. The van der Waals surface area contributed by atoms with Crippen LogP contribution in [0.1, 0.15) is 18.1 Å². The first kappa shape index (κ1) is 14.5.